The first kappa shape index (κ1) is 15.6. The molecule has 0 bridgehead atoms. The maximum Gasteiger partial charge on any atom is 0.315 e. The first-order chi connectivity index (χ1) is 10.6. The Morgan fingerprint density at radius 3 is 2.73 bits per heavy atom. The molecule has 0 spiro atoms. The number of aromatic nitrogens is 2. The number of rotatable bonds is 4. The summed E-state index contributed by atoms with van der Waals surface area (Å²) in [4.78, 5) is 16.8. The lowest BCUT2D eigenvalue weighted by Crippen LogP contribution is -2.52. The van der Waals surface area contributed by atoms with E-state index in [1.165, 1.54) is 12.8 Å². The summed E-state index contributed by atoms with van der Waals surface area (Å²) in [5, 5.41) is 10.9. The molecule has 2 amide bonds. The first-order valence-electron chi connectivity index (χ1n) is 8.05. The topological polar surface area (TPSA) is 80.0 Å². The van der Waals surface area contributed by atoms with Gasteiger partial charge in [-0.15, -0.1) is 0 Å². The van der Waals surface area contributed by atoms with E-state index in [0.717, 1.165) is 32.1 Å². The lowest BCUT2D eigenvalue weighted by atomic mass is 9.97. The quantitative estimate of drug-likeness (QED) is 0.890. The highest BCUT2D eigenvalue weighted by molar-refractivity contribution is 7.99. The van der Waals surface area contributed by atoms with Gasteiger partial charge in [-0.2, -0.15) is 16.7 Å². The number of nitrogens with zero attached hydrogens (tertiary/aromatic N) is 2. The fraction of sp³-hybridized carbons (Fsp3) is 0.800. The highest BCUT2D eigenvalue weighted by atomic mass is 32.2. The van der Waals surface area contributed by atoms with Gasteiger partial charge in [0.15, 0.2) is 5.82 Å². The molecule has 1 aromatic heterocycles. The van der Waals surface area contributed by atoms with E-state index in [0.29, 0.717) is 17.0 Å². The van der Waals surface area contributed by atoms with Gasteiger partial charge < -0.3 is 15.2 Å². The number of nitrogens with one attached hydrogen (secondary N) is 2. The third kappa shape index (κ3) is 3.09. The van der Waals surface area contributed by atoms with Crippen molar-refractivity contribution in [2.75, 3.05) is 6.26 Å². The van der Waals surface area contributed by atoms with Crippen LogP contribution in [-0.4, -0.2) is 33.7 Å². The van der Waals surface area contributed by atoms with Crippen LogP contribution in [0.15, 0.2) is 4.52 Å². The fourth-order valence-electron chi connectivity index (χ4n) is 3.67. The standard InChI is InChI=1S/C15H24N4O2S/c1-10-16-13(19-21-10)15(8-3-4-9-15)18-14(20)17-11-6-5-7-12(11)22-2/h11-12H,3-9H2,1-2H3,(H2,17,18,20)/t11-,12+/m1/s1. The van der Waals surface area contributed by atoms with Gasteiger partial charge in [-0.05, 0) is 31.9 Å². The minimum absolute atomic E-state index is 0.102. The van der Waals surface area contributed by atoms with Crippen molar-refractivity contribution in [1.82, 2.24) is 20.8 Å². The molecule has 0 radical (unpaired) electrons. The summed E-state index contributed by atoms with van der Waals surface area (Å²) in [7, 11) is 0. The Labute approximate surface area is 135 Å². The predicted octanol–water partition coefficient (Wildman–Crippen LogP) is 2.73. The molecular formula is C15H24N4O2S. The number of urea groups is 1. The molecule has 3 rings (SSSR count). The number of carbonyl (C=O) groups is 1. The monoisotopic (exact) mass is 324 g/mol. The van der Waals surface area contributed by atoms with Crippen molar-refractivity contribution in [2.24, 2.45) is 0 Å². The summed E-state index contributed by atoms with van der Waals surface area (Å²) in [5.41, 5.74) is -0.463. The average Bonchev–Trinajstić information content (AvgIpc) is 3.20. The molecule has 1 heterocycles. The summed E-state index contributed by atoms with van der Waals surface area (Å²) >= 11 is 1.84. The normalized spacial score (nSPS) is 27.0. The second kappa shape index (κ2) is 6.48. The Bertz CT molecular complexity index is 527. The third-order valence-corrected chi connectivity index (χ3v) is 6.01. The predicted molar refractivity (Wildman–Crippen MR) is 85.8 cm³/mol. The lowest BCUT2D eigenvalue weighted by molar-refractivity contribution is 0.217. The number of hydrogen-bond donors (Lipinski definition) is 2. The van der Waals surface area contributed by atoms with Crippen LogP contribution in [0.1, 0.15) is 56.7 Å². The van der Waals surface area contributed by atoms with Crippen LogP contribution >= 0.6 is 11.8 Å². The van der Waals surface area contributed by atoms with Crippen molar-refractivity contribution >= 4 is 17.8 Å². The largest absolute Gasteiger partial charge is 0.340 e. The van der Waals surface area contributed by atoms with E-state index in [9.17, 15) is 4.79 Å². The smallest absolute Gasteiger partial charge is 0.315 e. The number of amides is 2. The van der Waals surface area contributed by atoms with E-state index >= 15 is 0 Å². The van der Waals surface area contributed by atoms with Gasteiger partial charge in [0.2, 0.25) is 5.89 Å². The van der Waals surface area contributed by atoms with Gasteiger partial charge in [-0.25, -0.2) is 4.79 Å². The minimum Gasteiger partial charge on any atom is -0.340 e. The van der Waals surface area contributed by atoms with Crippen molar-refractivity contribution in [3.8, 4) is 0 Å². The number of aryl methyl sites for hydroxylation is 1. The van der Waals surface area contributed by atoms with Crippen LogP contribution in [0, 0.1) is 6.92 Å². The van der Waals surface area contributed by atoms with E-state index in [2.05, 4.69) is 27.0 Å². The summed E-state index contributed by atoms with van der Waals surface area (Å²) in [6.45, 7) is 1.78. The van der Waals surface area contributed by atoms with E-state index in [1.807, 2.05) is 11.8 Å². The van der Waals surface area contributed by atoms with Crippen molar-refractivity contribution in [1.29, 1.82) is 0 Å². The number of hydrogen-bond acceptors (Lipinski definition) is 5. The SMILES string of the molecule is CS[C@H]1CCC[C@H]1NC(=O)NC1(c2noc(C)n2)CCCC1. The highest BCUT2D eigenvalue weighted by Crippen LogP contribution is 2.37. The molecule has 0 unspecified atom stereocenters. The van der Waals surface area contributed by atoms with Gasteiger partial charge >= 0.3 is 6.03 Å². The second-order valence-corrected chi connectivity index (χ2v) is 7.41. The Morgan fingerprint density at radius 1 is 1.32 bits per heavy atom. The molecule has 7 heteroatoms. The maximum atomic E-state index is 12.5. The van der Waals surface area contributed by atoms with Gasteiger partial charge in [0.25, 0.3) is 0 Å². The van der Waals surface area contributed by atoms with Gasteiger partial charge in [0.05, 0.1) is 0 Å². The van der Waals surface area contributed by atoms with E-state index < -0.39 is 5.54 Å². The molecule has 2 N–H and O–H groups in total. The van der Waals surface area contributed by atoms with Gasteiger partial charge in [0.1, 0.15) is 5.54 Å². The molecule has 2 aliphatic carbocycles. The van der Waals surface area contributed by atoms with Crippen LogP contribution in [0.2, 0.25) is 0 Å². The van der Waals surface area contributed by atoms with Crippen LogP contribution in [-0.2, 0) is 5.54 Å². The molecule has 122 valence electrons. The number of carbonyl (C=O) groups excluding carboxylic acids is 1. The highest BCUT2D eigenvalue weighted by Gasteiger charge is 2.42. The molecule has 6 nitrogen and oxygen atoms in total. The van der Waals surface area contributed by atoms with Gasteiger partial charge in [-0.3, -0.25) is 0 Å². The Hall–Kier alpha value is -1.24. The fourth-order valence-corrected chi connectivity index (χ4v) is 4.61. The van der Waals surface area contributed by atoms with Crippen molar-refractivity contribution in [3.05, 3.63) is 11.7 Å². The molecule has 22 heavy (non-hydrogen) atoms. The van der Waals surface area contributed by atoms with Gasteiger partial charge in [-0.1, -0.05) is 24.4 Å². The Morgan fingerprint density at radius 2 is 2.09 bits per heavy atom. The van der Waals surface area contributed by atoms with Crippen LogP contribution in [0.4, 0.5) is 4.79 Å². The maximum absolute atomic E-state index is 12.5. The molecule has 0 saturated heterocycles. The molecule has 2 atom stereocenters. The lowest BCUT2D eigenvalue weighted by Gasteiger charge is -2.28. The van der Waals surface area contributed by atoms with Crippen molar-refractivity contribution in [2.45, 2.75) is 68.7 Å². The van der Waals surface area contributed by atoms with Gasteiger partial charge in [0, 0.05) is 18.2 Å². The summed E-state index contributed by atoms with van der Waals surface area (Å²) in [5.74, 6) is 1.16. The molecule has 2 saturated carbocycles. The molecule has 2 fully saturated rings. The zero-order valence-corrected chi connectivity index (χ0v) is 14.0. The van der Waals surface area contributed by atoms with Crippen LogP contribution in [0.25, 0.3) is 0 Å². The Balaban J connectivity index is 1.67. The zero-order chi connectivity index (χ0) is 15.6. The molecule has 1 aromatic rings. The summed E-state index contributed by atoms with van der Waals surface area (Å²) in [6, 6.07) is 0.163. The minimum atomic E-state index is -0.463. The van der Waals surface area contributed by atoms with E-state index in [4.69, 9.17) is 4.52 Å². The molecular weight excluding hydrogens is 300 g/mol. The van der Waals surface area contributed by atoms with Crippen LogP contribution in [0.5, 0.6) is 0 Å². The molecule has 0 aliphatic heterocycles. The Kier molecular flexibility index (Phi) is 4.61. The molecule has 2 aliphatic rings. The number of thioether (sulfide) groups is 1. The zero-order valence-electron chi connectivity index (χ0n) is 13.2. The van der Waals surface area contributed by atoms with Crippen LogP contribution < -0.4 is 10.6 Å². The molecule has 0 aromatic carbocycles. The van der Waals surface area contributed by atoms with Crippen LogP contribution in [0.3, 0.4) is 0 Å². The van der Waals surface area contributed by atoms with E-state index in [1.54, 1.807) is 6.92 Å². The average molecular weight is 324 g/mol. The van der Waals surface area contributed by atoms with Crippen molar-refractivity contribution in [3.63, 3.8) is 0 Å². The second-order valence-electron chi connectivity index (χ2n) is 6.34. The summed E-state index contributed by atoms with van der Waals surface area (Å²) in [6.07, 6.45) is 9.44. The van der Waals surface area contributed by atoms with E-state index in [-0.39, 0.29) is 12.1 Å². The first-order valence-corrected chi connectivity index (χ1v) is 9.34. The summed E-state index contributed by atoms with van der Waals surface area (Å²) < 4.78 is 5.12. The van der Waals surface area contributed by atoms with Crippen molar-refractivity contribution < 1.29 is 9.32 Å². The third-order valence-electron chi connectivity index (χ3n) is 4.84.